The molecule has 1 aromatic carbocycles. The molecule has 0 spiro atoms. The molecule has 32 heavy (non-hydrogen) atoms. The molecular formula is C26H44F3NOSi. The standard InChI is InChI=1S/C26H44F3NOSi/c1-9-12-20(11-3)23(13-10-2)24(21-14-16-22(17-15-21)26(27,28)29)30-18-19-31-32(7,8)25(4,5)6/h14-17,24,30H,9-13,18-19H2,1-8H3/b23-20+/t24-/m0/s1. The second-order valence-corrected chi connectivity index (χ2v) is 14.9. The third kappa shape index (κ3) is 8.34. The first kappa shape index (κ1) is 28.9. The van der Waals surface area contributed by atoms with E-state index in [1.165, 1.54) is 23.3 Å². The van der Waals surface area contributed by atoms with E-state index in [-0.39, 0.29) is 11.1 Å². The van der Waals surface area contributed by atoms with Gasteiger partial charge in [-0.25, -0.2) is 0 Å². The van der Waals surface area contributed by atoms with Gasteiger partial charge in [0.05, 0.1) is 11.6 Å². The molecule has 0 unspecified atom stereocenters. The summed E-state index contributed by atoms with van der Waals surface area (Å²) in [5.41, 5.74) is 3.02. The molecule has 0 bridgehead atoms. The van der Waals surface area contributed by atoms with Gasteiger partial charge < -0.3 is 9.74 Å². The minimum Gasteiger partial charge on any atom is -0.416 e. The predicted octanol–water partition coefficient (Wildman–Crippen LogP) is 8.66. The lowest BCUT2D eigenvalue weighted by molar-refractivity contribution is -0.137. The van der Waals surface area contributed by atoms with Gasteiger partial charge in [0.2, 0.25) is 0 Å². The third-order valence-electron chi connectivity index (χ3n) is 6.59. The van der Waals surface area contributed by atoms with Gasteiger partial charge in [0.25, 0.3) is 0 Å². The van der Waals surface area contributed by atoms with Crippen LogP contribution in [-0.4, -0.2) is 21.5 Å². The molecule has 0 saturated heterocycles. The van der Waals surface area contributed by atoms with Gasteiger partial charge >= 0.3 is 6.18 Å². The molecule has 6 heteroatoms. The monoisotopic (exact) mass is 471 g/mol. The Labute approximate surface area is 195 Å². The molecule has 0 aliphatic heterocycles. The van der Waals surface area contributed by atoms with Crippen molar-refractivity contribution in [3.05, 3.63) is 46.5 Å². The van der Waals surface area contributed by atoms with E-state index >= 15 is 0 Å². The molecule has 0 heterocycles. The minimum absolute atomic E-state index is 0.0956. The molecule has 1 aromatic rings. The summed E-state index contributed by atoms with van der Waals surface area (Å²) >= 11 is 0. The van der Waals surface area contributed by atoms with E-state index in [0.717, 1.165) is 37.7 Å². The molecule has 0 amide bonds. The van der Waals surface area contributed by atoms with Crippen molar-refractivity contribution in [2.24, 2.45) is 0 Å². The molecule has 1 atom stereocenters. The van der Waals surface area contributed by atoms with Crippen LogP contribution in [0.3, 0.4) is 0 Å². The summed E-state index contributed by atoms with van der Waals surface area (Å²) in [6.45, 7) is 18.9. The third-order valence-corrected chi connectivity index (χ3v) is 11.1. The van der Waals surface area contributed by atoms with Crippen LogP contribution >= 0.6 is 0 Å². The van der Waals surface area contributed by atoms with Crippen LogP contribution < -0.4 is 5.32 Å². The molecule has 0 radical (unpaired) electrons. The molecule has 1 rings (SSSR count). The Morgan fingerprint density at radius 1 is 0.969 bits per heavy atom. The summed E-state index contributed by atoms with van der Waals surface area (Å²) in [5.74, 6) is 0. The number of nitrogens with one attached hydrogen (secondary N) is 1. The van der Waals surface area contributed by atoms with Gasteiger partial charge in [0, 0.05) is 13.2 Å². The summed E-state index contributed by atoms with van der Waals surface area (Å²) in [5, 5.41) is 3.78. The van der Waals surface area contributed by atoms with Crippen LogP contribution in [0.5, 0.6) is 0 Å². The molecule has 0 aromatic heterocycles. The average Bonchev–Trinajstić information content (AvgIpc) is 2.69. The molecule has 184 valence electrons. The maximum atomic E-state index is 13.1. The number of hydrogen-bond acceptors (Lipinski definition) is 2. The number of rotatable bonds is 12. The lowest BCUT2D eigenvalue weighted by Crippen LogP contribution is -2.42. The average molecular weight is 472 g/mol. The number of benzene rings is 1. The first-order valence-electron chi connectivity index (χ1n) is 12.0. The van der Waals surface area contributed by atoms with Crippen LogP contribution in [0, 0.1) is 0 Å². The highest BCUT2D eigenvalue weighted by atomic mass is 28.4. The highest BCUT2D eigenvalue weighted by molar-refractivity contribution is 6.74. The second-order valence-electron chi connectivity index (χ2n) is 10.1. The Morgan fingerprint density at radius 2 is 1.53 bits per heavy atom. The molecule has 0 aliphatic carbocycles. The summed E-state index contributed by atoms with van der Waals surface area (Å²) in [7, 11) is -1.85. The van der Waals surface area contributed by atoms with E-state index in [4.69, 9.17) is 4.43 Å². The van der Waals surface area contributed by atoms with Crippen molar-refractivity contribution in [3.8, 4) is 0 Å². The molecule has 0 aliphatic rings. The second kappa shape index (κ2) is 12.4. The Bertz CT molecular complexity index is 718. The fourth-order valence-electron chi connectivity index (χ4n) is 3.69. The largest absolute Gasteiger partial charge is 0.416 e. The highest BCUT2D eigenvalue weighted by Gasteiger charge is 2.37. The first-order chi connectivity index (χ1) is 14.8. The quantitative estimate of drug-likeness (QED) is 0.187. The van der Waals surface area contributed by atoms with Crippen LogP contribution in [0.2, 0.25) is 18.1 Å². The summed E-state index contributed by atoms with van der Waals surface area (Å²) in [6, 6.07) is 5.56. The lowest BCUT2D eigenvalue weighted by atomic mass is 9.88. The van der Waals surface area contributed by atoms with Gasteiger partial charge in [-0.3, -0.25) is 0 Å². The van der Waals surface area contributed by atoms with E-state index in [9.17, 15) is 13.2 Å². The zero-order valence-electron chi connectivity index (χ0n) is 21.4. The van der Waals surface area contributed by atoms with E-state index in [1.54, 1.807) is 12.1 Å². The van der Waals surface area contributed by atoms with Gasteiger partial charge in [-0.15, -0.1) is 0 Å². The van der Waals surface area contributed by atoms with Gasteiger partial charge in [0.1, 0.15) is 0 Å². The molecule has 1 N–H and O–H groups in total. The molecular weight excluding hydrogens is 427 g/mol. The van der Waals surface area contributed by atoms with E-state index < -0.39 is 20.1 Å². The van der Waals surface area contributed by atoms with Crippen molar-refractivity contribution in [1.29, 1.82) is 0 Å². The zero-order valence-corrected chi connectivity index (χ0v) is 22.4. The van der Waals surface area contributed by atoms with Crippen molar-refractivity contribution in [2.75, 3.05) is 13.2 Å². The SMILES string of the molecule is CCC/C(CC)=C(\CCC)[C@@H](NCCO[Si](C)(C)C(C)(C)C)c1ccc(C(F)(F)F)cc1. The van der Waals surface area contributed by atoms with Crippen molar-refractivity contribution in [3.63, 3.8) is 0 Å². The number of hydrogen-bond donors (Lipinski definition) is 1. The molecule has 0 saturated carbocycles. The predicted molar refractivity (Wildman–Crippen MR) is 132 cm³/mol. The smallest absolute Gasteiger partial charge is 0.416 e. The summed E-state index contributed by atoms with van der Waals surface area (Å²) < 4.78 is 45.6. The fourth-order valence-corrected chi connectivity index (χ4v) is 4.74. The minimum atomic E-state index is -4.32. The van der Waals surface area contributed by atoms with Gasteiger partial charge in [0.15, 0.2) is 8.32 Å². The van der Waals surface area contributed by atoms with Crippen LogP contribution in [0.25, 0.3) is 0 Å². The summed E-state index contributed by atoms with van der Waals surface area (Å²) in [4.78, 5) is 0. The number of alkyl halides is 3. The van der Waals surface area contributed by atoms with Crippen LogP contribution in [0.1, 0.15) is 90.8 Å². The maximum Gasteiger partial charge on any atom is 0.416 e. The zero-order chi connectivity index (χ0) is 24.6. The van der Waals surface area contributed by atoms with Crippen molar-refractivity contribution < 1.29 is 17.6 Å². The van der Waals surface area contributed by atoms with Crippen LogP contribution in [0.4, 0.5) is 13.2 Å². The van der Waals surface area contributed by atoms with Crippen molar-refractivity contribution >= 4 is 8.32 Å². The van der Waals surface area contributed by atoms with Crippen molar-refractivity contribution in [2.45, 2.75) is 104 Å². The Balaban J connectivity index is 3.20. The molecule has 2 nitrogen and oxygen atoms in total. The Morgan fingerprint density at radius 3 is 1.97 bits per heavy atom. The van der Waals surface area contributed by atoms with Crippen LogP contribution in [0.15, 0.2) is 35.4 Å². The summed E-state index contributed by atoms with van der Waals surface area (Å²) in [6.07, 6.45) is 0.655. The van der Waals surface area contributed by atoms with E-state index in [0.29, 0.717) is 13.2 Å². The number of halogens is 3. The van der Waals surface area contributed by atoms with Gasteiger partial charge in [-0.05, 0) is 60.7 Å². The fraction of sp³-hybridized carbons (Fsp3) is 0.692. The Kier molecular flexibility index (Phi) is 11.2. The van der Waals surface area contributed by atoms with E-state index in [1.807, 2.05) is 0 Å². The van der Waals surface area contributed by atoms with Crippen molar-refractivity contribution in [1.82, 2.24) is 5.32 Å². The normalized spacial score (nSPS) is 15.0. The van der Waals surface area contributed by atoms with Gasteiger partial charge in [-0.2, -0.15) is 13.2 Å². The topological polar surface area (TPSA) is 21.3 Å². The van der Waals surface area contributed by atoms with E-state index in [2.05, 4.69) is 60.0 Å². The maximum absolute atomic E-state index is 13.1. The lowest BCUT2D eigenvalue weighted by Gasteiger charge is -2.36. The highest BCUT2D eigenvalue weighted by Crippen LogP contribution is 2.37. The first-order valence-corrected chi connectivity index (χ1v) is 14.9. The molecule has 0 fully saturated rings. The Hall–Kier alpha value is -1.11. The van der Waals surface area contributed by atoms with Gasteiger partial charge in [-0.1, -0.05) is 72.1 Å². The number of allylic oxidation sites excluding steroid dienone is 1. The van der Waals surface area contributed by atoms with Crippen LogP contribution in [-0.2, 0) is 10.6 Å².